The van der Waals surface area contributed by atoms with E-state index in [2.05, 4.69) is 15.2 Å². The standard InChI is InChI=1S/C20H18N6O5S/c1-4-31-20(28)14-10-15(13-8-6-5-7-9-13)32-18(14)21-17(27)16-11(2)22-25-19(26(29)30)12(3)23-24(16)25/h5-10H,4H2,1-3H3,(H-,21,22,23,27,28). The zero-order chi connectivity index (χ0) is 23.0. The van der Waals surface area contributed by atoms with Gasteiger partial charge in [-0.15, -0.1) is 11.3 Å². The largest absolute Gasteiger partial charge is 0.855 e. The Bertz CT molecular complexity index is 1370. The predicted octanol–water partition coefficient (Wildman–Crippen LogP) is 2.12. The van der Waals surface area contributed by atoms with Crippen LogP contribution in [0.1, 0.15) is 34.4 Å². The van der Waals surface area contributed by atoms with E-state index < -0.39 is 16.8 Å². The van der Waals surface area contributed by atoms with Gasteiger partial charge in [-0.3, -0.25) is 0 Å². The van der Waals surface area contributed by atoms with Crippen molar-refractivity contribution in [3.05, 3.63) is 69.2 Å². The summed E-state index contributed by atoms with van der Waals surface area (Å²) in [5.74, 6) is -1.58. The molecule has 0 saturated carbocycles. The van der Waals surface area contributed by atoms with Gasteiger partial charge in [-0.1, -0.05) is 30.3 Å². The number of aryl methyl sites for hydroxylation is 2. The molecule has 0 bridgehead atoms. The maximum Gasteiger partial charge on any atom is 0.436 e. The van der Waals surface area contributed by atoms with E-state index in [-0.39, 0.29) is 40.1 Å². The predicted molar refractivity (Wildman–Crippen MR) is 113 cm³/mol. The number of nitro groups is 1. The Labute approximate surface area is 185 Å². The zero-order valence-corrected chi connectivity index (χ0v) is 18.2. The van der Waals surface area contributed by atoms with E-state index >= 15 is 0 Å². The molecule has 1 N–H and O–H groups in total. The number of carbonyl (C=O) groups excluding carboxylic acids is 1. The van der Waals surface area contributed by atoms with Crippen LogP contribution in [0.5, 0.6) is 0 Å². The maximum atomic E-state index is 13.1. The Balaban J connectivity index is 1.85. The molecule has 11 nitrogen and oxygen atoms in total. The summed E-state index contributed by atoms with van der Waals surface area (Å²) in [7, 11) is 0. The molecule has 4 rings (SSSR count). The van der Waals surface area contributed by atoms with Crippen molar-refractivity contribution in [3.63, 3.8) is 0 Å². The molecule has 0 aliphatic carbocycles. The van der Waals surface area contributed by atoms with E-state index in [1.54, 1.807) is 19.9 Å². The van der Waals surface area contributed by atoms with Gasteiger partial charge in [-0.25, -0.2) is 9.79 Å². The second kappa shape index (κ2) is 8.23. The van der Waals surface area contributed by atoms with Crippen molar-refractivity contribution in [2.24, 2.45) is 4.99 Å². The van der Waals surface area contributed by atoms with Crippen LogP contribution >= 0.6 is 11.3 Å². The summed E-state index contributed by atoms with van der Waals surface area (Å²) in [5.41, 5.74) is 1.53. The lowest BCUT2D eigenvalue weighted by molar-refractivity contribution is -0.683. The summed E-state index contributed by atoms with van der Waals surface area (Å²) in [5, 5.41) is 31.5. The molecule has 0 saturated heterocycles. The quantitative estimate of drug-likeness (QED) is 0.118. The number of hydrogen-bond acceptors (Lipinski definition) is 8. The minimum Gasteiger partial charge on any atom is -0.855 e. The highest BCUT2D eigenvalue weighted by molar-refractivity contribution is 7.19. The lowest BCUT2D eigenvalue weighted by Gasteiger charge is -2.05. The molecule has 32 heavy (non-hydrogen) atoms. The maximum absolute atomic E-state index is 13.1. The number of rotatable bonds is 6. The molecule has 0 amide bonds. The highest BCUT2D eigenvalue weighted by atomic mass is 32.1. The minimum absolute atomic E-state index is 0.0191. The van der Waals surface area contributed by atoms with Gasteiger partial charge in [0.1, 0.15) is 10.1 Å². The number of thiophene rings is 1. The molecule has 0 atom stereocenters. The lowest BCUT2D eigenvalue weighted by atomic mass is 10.1. The van der Waals surface area contributed by atoms with Crippen molar-refractivity contribution in [1.29, 1.82) is 0 Å². The molecular formula is C20H18N6O5S. The third-order valence-corrected chi connectivity index (χ3v) is 5.71. The molecular weight excluding hydrogens is 436 g/mol. The minimum atomic E-state index is -0.703. The Kier molecular flexibility index (Phi) is 5.45. The van der Waals surface area contributed by atoms with Gasteiger partial charge in [-0.2, -0.15) is 5.10 Å². The summed E-state index contributed by atoms with van der Waals surface area (Å²) in [4.78, 5) is 28.2. The van der Waals surface area contributed by atoms with E-state index in [9.17, 15) is 20.0 Å². The van der Waals surface area contributed by atoms with Gasteiger partial charge in [0.05, 0.1) is 12.2 Å². The summed E-state index contributed by atoms with van der Waals surface area (Å²) < 4.78 is 7.30. The van der Waals surface area contributed by atoms with Crippen molar-refractivity contribution < 1.29 is 24.2 Å². The second-order valence-corrected chi connectivity index (χ2v) is 7.82. The van der Waals surface area contributed by atoms with Crippen LogP contribution in [0.4, 0.5) is 10.8 Å². The molecule has 0 radical (unpaired) electrons. The van der Waals surface area contributed by atoms with Gasteiger partial charge >= 0.3 is 11.8 Å². The van der Waals surface area contributed by atoms with E-state index in [0.29, 0.717) is 0 Å². The first kappa shape index (κ1) is 21.2. The number of ether oxygens (including phenoxy) is 1. The summed E-state index contributed by atoms with van der Waals surface area (Å²) >= 11 is 1.17. The first-order valence-electron chi connectivity index (χ1n) is 9.58. The SMILES string of the molecule is CCOC(=O)c1cc(-c2ccccc2)sc1N=C([O-])c1c(C)nn2c([N+](=O)[O-])c(C)[nH][n+]12. The first-order valence-corrected chi connectivity index (χ1v) is 10.4. The van der Waals surface area contributed by atoms with E-state index in [1.807, 2.05) is 30.3 Å². The first-order chi connectivity index (χ1) is 15.3. The highest BCUT2D eigenvalue weighted by Crippen LogP contribution is 2.38. The number of benzene rings is 1. The molecule has 3 heterocycles. The molecule has 1 aromatic carbocycles. The third-order valence-electron chi connectivity index (χ3n) is 4.63. The molecule has 0 unspecified atom stereocenters. The smallest absolute Gasteiger partial charge is 0.436 e. The van der Waals surface area contributed by atoms with Crippen LogP contribution in [0.3, 0.4) is 0 Å². The fourth-order valence-electron chi connectivity index (χ4n) is 3.25. The van der Waals surface area contributed by atoms with E-state index in [0.717, 1.165) is 15.1 Å². The number of nitrogens with zero attached hydrogens (tertiary/aromatic N) is 5. The summed E-state index contributed by atoms with van der Waals surface area (Å²) in [6.45, 7) is 4.91. The summed E-state index contributed by atoms with van der Waals surface area (Å²) in [6, 6.07) is 11.0. The Hall–Kier alpha value is -4.06. The average molecular weight is 454 g/mol. The Morgan fingerprint density at radius 1 is 1.34 bits per heavy atom. The highest BCUT2D eigenvalue weighted by Gasteiger charge is 2.34. The lowest BCUT2D eigenvalue weighted by Crippen LogP contribution is -2.39. The van der Waals surface area contributed by atoms with Crippen LogP contribution in [-0.2, 0) is 4.74 Å². The number of hydrogen-bond donors (Lipinski definition) is 1. The number of carbonyl (C=O) groups is 1. The second-order valence-electron chi connectivity index (χ2n) is 6.79. The van der Waals surface area contributed by atoms with E-state index in [4.69, 9.17) is 4.74 Å². The fraction of sp³-hybridized carbons (Fsp3) is 0.200. The van der Waals surface area contributed by atoms with Gasteiger partial charge < -0.3 is 20.0 Å². The van der Waals surface area contributed by atoms with Crippen LogP contribution < -0.4 is 9.74 Å². The monoisotopic (exact) mass is 454 g/mol. The van der Waals surface area contributed by atoms with Crippen molar-refractivity contribution in [2.75, 3.05) is 6.61 Å². The molecule has 0 fully saturated rings. The third kappa shape index (κ3) is 3.60. The number of nitrogens with one attached hydrogen (secondary N) is 1. The summed E-state index contributed by atoms with van der Waals surface area (Å²) in [6.07, 6.45) is 0. The Morgan fingerprint density at radius 3 is 2.72 bits per heavy atom. The number of aliphatic imine (C=N–C) groups is 1. The van der Waals surface area contributed by atoms with E-state index in [1.165, 1.54) is 22.9 Å². The molecule has 0 aliphatic heterocycles. The van der Waals surface area contributed by atoms with Gasteiger partial charge in [0, 0.05) is 22.3 Å². The van der Waals surface area contributed by atoms with Crippen molar-refractivity contribution in [2.45, 2.75) is 20.8 Å². The number of H-pyrrole nitrogens is 1. The van der Waals surface area contributed by atoms with Crippen molar-refractivity contribution in [1.82, 2.24) is 14.8 Å². The number of fused-ring (bicyclic) bond motifs is 1. The number of aromatic amines is 1. The van der Waals surface area contributed by atoms with Gasteiger partial charge in [-0.05, 0) is 30.4 Å². The van der Waals surface area contributed by atoms with Gasteiger partial charge in [0.2, 0.25) is 0 Å². The van der Waals surface area contributed by atoms with Crippen LogP contribution in [-0.4, -0.2) is 38.2 Å². The topological polar surface area (TPSA) is 142 Å². The van der Waals surface area contributed by atoms with Crippen LogP contribution in [0.15, 0.2) is 41.4 Å². The van der Waals surface area contributed by atoms with Crippen molar-refractivity contribution in [3.8, 4) is 10.4 Å². The molecule has 0 spiro atoms. The van der Waals surface area contributed by atoms with Gasteiger partial charge in [0.25, 0.3) is 11.4 Å². The molecule has 3 aromatic heterocycles. The van der Waals surface area contributed by atoms with Gasteiger partial charge in [0.15, 0.2) is 10.3 Å². The fourth-order valence-corrected chi connectivity index (χ4v) is 4.27. The zero-order valence-electron chi connectivity index (χ0n) is 17.4. The molecule has 164 valence electrons. The Morgan fingerprint density at radius 2 is 2.06 bits per heavy atom. The number of aromatic nitrogens is 4. The average Bonchev–Trinajstić information content (AvgIpc) is 3.39. The number of esters is 1. The normalized spacial score (nSPS) is 11.8. The molecule has 4 aromatic rings. The van der Waals surface area contributed by atoms with Crippen LogP contribution in [0, 0.1) is 24.0 Å². The van der Waals surface area contributed by atoms with Crippen molar-refractivity contribution >= 4 is 34.0 Å². The molecule has 0 aliphatic rings. The van der Waals surface area contributed by atoms with Crippen LogP contribution in [0.2, 0.25) is 0 Å². The molecule has 12 heteroatoms. The van der Waals surface area contributed by atoms with Crippen LogP contribution in [0.25, 0.3) is 10.4 Å².